The number of hydrogen-bond acceptors (Lipinski definition) is 0. The van der Waals surface area contributed by atoms with Crippen molar-refractivity contribution in [3.05, 3.63) is 0 Å². The van der Waals surface area contributed by atoms with Crippen LogP contribution in [0.1, 0.15) is 40.5 Å². The van der Waals surface area contributed by atoms with Crippen LogP contribution in [0.2, 0.25) is 0 Å². The predicted molar refractivity (Wildman–Crippen MR) is 75.4 cm³/mol. The second kappa shape index (κ2) is 49.0. The van der Waals surface area contributed by atoms with Gasteiger partial charge in [-0.25, -0.2) is 0 Å². The van der Waals surface area contributed by atoms with E-state index in [2.05, 4.69) is 64.9 Å². The molecule has 0 aromatic rings. The SMILES string of the molecule is CCC.CCC.I.II. The maximum atomic E-state index is 2.12. The Morgan fingerprint density at radius 3 is 0.778 bits per heavy atom. The molecule has 0 unspecified atom stereocenters. The van der Waals surface area contributed by atoms with E-state index >= 15 is 0 Å². The lowest BCUT2D eigenvalue weighted by Crippen LogP contribution is -1.27. The van der Waals surface area contributed by atoms with E-state index in [4.69, 9.17) is 0 Å². The first-order valence-electron chi connectivity index (χ1n) is 2.97. The molecule has 3 heteroatoms. The second-order valence-corrected chi connectivity index (χ2v) is 1.41. The minimum Gasteiger partial charge on any atom is -0.107 e. The Kier molecular flexibility index (Phi) is 122. The molecule has 0 aliphatic rings. The molecule has 0 aromatic carbocycles. The predicted octanol–water partition coefficient (Wildman–Crippen LogP) is 5.22. The lowest BCUT2D eigenvalue weighted by atomic mass is 10.6. The van der Waals surface area contributed by atoms with Crippen LogP contribution in [0.3, 0.4) is 0 Å². The van der Waals surface area contributed by atoms with Crippen molar-refractivity contribution in [2.45, 2.75) is 40.5 Å². The van der Waals surface area contributed by atoms with Gasteiger partial charge in [0.05, 0.1) is 0 Å². The highest BCUT2D eigenvalue weighted by atomic mass is 128. The van der Waals surface area contributed by atoms with Crippen LogP contribution in [0.15, 0.2) is 0 Å². The van der Waals surface area contributed by atoms with Gasteiger partial charge in [0.2, 0.25) is 0 Å². The van der Waals surface area contributed by atoms with Gasteiger partial charge in [0.15, 0.2) is 0 Å². The van der Waals surface area contributed by atoms with Crippen molar-refractivity contribution >= 4 is 61.2 Å². The highest BCUT2D eigenvalue weighted by Gasteiger charge is 1.36. The Bertz CT molecular complexity index is 10.3. The summed E-state index contributed by atoms with van der Waals surface area (Å²) in [4.78, 5) is 0. The van der Waals surface area contributed by atoms with Crippen molar-refractivity contribution in [3.8, 4) is 0 Å². The molecular formula is C6H17I3. The van der Waals surface area contributed by atoms with E-state index in [-0.39, 0.29) is 24.0 Å². The van der Waals surface area contributed by atoms with Crippen LogP contribution in [0, 0.1) is 0 Å². The van der Waals surface area contributed by atoms with Gasteiger partial charge in [-0.05, 0) is 0 Å². The third kappa shape index (κ3) is 143. The zero-order chi connectivity index (χ0) is 7.41. The van der Waals surface area contributed by atoms with Gasteiger partial charge < -0.3 is 0 Å². The standard InChI is InChI=1S/2C3H8.I2.HI/c2*1-3-2;1-2;/h2*3H2,1-2H3;;1H. The normalized spacial score (nSPS) is 4.67. The third-order valence-electron chi connectivity index (χ3n) is 0. The molecule has 0 saturated heterocycles. The molecule has 0 nitrogen and oxygen atoms in total. The van der Waals surface area contributed by atoms with E-state index in [0.29, 0.717) is 0 Å². The van der Waals surface area contributed by atoms with E-state index < -0.39 is 0 Å². The molecule has 62 valence electrons. The average Bonchev–Trinajstić information content (AvgIpc) is 1.75. The highest BCUT2D eigenvalue weighted by Crippen LogP contribution is 1.89. The fourth-order valence-electron chi connectivity index (χ4n) is 0. The zero-order valence-corrected chi connectivity index (χ0v) is 13.2. The molecule has 0 saturated carbocycles. The van der Waals surface area contributed by atoms with Gasteiger partial charge in [-0.2, -0.15) is 0 Å². The van der Waals surface area contributed by atoms with E-state index in [1.807, 2.05) is 0 Å². The first-order valence-corrected chi connectivity index (χ1v) is 9.26. The molecule has 0 atom stereocenters. The quantitative estimate of drug-likeness (QED) is 0.427. The van der Waals surface area contributed by atoms with Crippen molar-refractivity contribution in [1.29, 1.82) is 0 Å². The molecule has 9 heavy (non-hydrogen) atoms. The number of halogens is 3. The smallest absolute Gasteiger partial charge is 0 e. The summed E-state index contributed by atoms with van der Waals surface area (Å²) >= 11 is 4.24. The summed E-state index contributed by atoms with van der Waals surface area (Å²) < 4.78 is 0. The van der Waals surface area contributed by atoms with Crippen LogP contribution in [0.25, 0.3) is 0 Å². The summed E-state index contributed by atoms with van der Waals surface area (Å²) in [5.41, 5.74) is 0. The summed E-state index contributed by atoms with van der Waals surface area (Å²) in [6.07, 6.45) is 2.50. The van der Waals surface area contributed by atoms with Crippen LogP contribution < -0.4 is 0 Å². The maximum Gasteiger partial charge on any atom is 0 e. The number of rotatable bonds is 0. The fraction of sp³-hybridized carbons (Fsp3) is 1.00. The first kappa shape index (κ1) is 22.5. The van der Waals surface area contributed by atoms with Crippen molar-refractivity contribution in [2.24, 2.45) is 0 Å². The minimum atomic E-state index is 0. The van der Waals surface area contributed by atoms with E-state index in [0.717, 1.165) is 0 Å². The van der Waals surface area contributed by atoms with E-state index in [1.165, 1.54) is 12.8 Å². The summed E-state index contributed by atoms with van der Waals surface area (Å²) in [6.45, 7) is 8.50. The van der Waals surface area contributed by atoms with Gasteiger partial charge in [0, 0.05) is 37.2 Å². The molecule has 0 fully saturated rings. The van der Waals surface area contributed by atoms with Crippen molar-refractivity contribution in [1.82, 2.24) is 0 Å². The molecule has 0 rings (SSSR count). The minimum absolute atomic E-state index is 0. The Labute approximate surface area is 100 Å². The van der Waals surface area contributed by atoms with Gasteiger partial charge >= 0.3 is 0 Å². The zero-order valence-electron chi connectivity index (χ0n) is 6.58. The molecular weight excluding hydrogens is 453 g/mol. The van der Waals surface area contributed by atoms with E-state index in [1.54, 1.807) is 0 Å². The molecule has 0 spiro atoms. The second-order valence-electron chi connectivity index (χ2n) is 1.41. The number of hydrogen-bond donors (Lipinski definition) is 0. The molecule has 0 N–H and O–H groups in total. The highest BCUT2D eigenvalue weighted by molar-refractivity contribution is 15.0. The summed E-state index contributed by atoms with van der Waals surface area (Å²) in [7, 11) is 0. The Balaban J connectivity index is -0.0000000202. The van der Waals surface area contributed by atoms with Crippen molar-refractivity contribution in [2.75, 3.05) is 0 Å². The lowest BCUT2D eigenvalue weighted by molar-refractivity contribution is 1.09. The van der Waals surface area contributed by atoms with Crippen LogP contribution >= 0.6 is 61.2 Å². The van der Waals surface area contributed by atoms with Crippen LogP contribution in [0.5, 0.6) is 0 Å². The fourth-order valence-corrected chi connectivity index (χ4v) is 0. The van der Waals surface area contributed by atoms with Gasteiger partial charge in [-0.1, -0.05) is 40.5 Å². The van der Waals surface area contributed by atoms with Gasteiger partial charge in [0.25, 0.3) is 0 Å². The summed E-state index contributed by atoms with van der Waals surface area (Å²) in [5.74, 6) is 0. The third-order valence-corrected chi connectivity index (χ3v) is 0. The summed E-state index contributed by atoms with van der Waals surface area (Å²) in [6, 6.07) is 0. The molecule has 0 bridgehead atoms. The molecule has 0 aromatic heterocycles. The molecule has 0 heterocycles. The van der Waals surface area contributed by atoms with Gasteiger partial charge in [-0.15, -0.1) is 24.0 Å². The van der Waals surface area contributed by atoms with Crippen LogP contribution in [-0.2, 0) is 0 Å². The van der Waals surface area contributed by atoms with Gasteiger partial charge in [-0.3, -0.25) is 0 Å². The molecule has 0 aliphatic heterocycles. The Morgan fingerprint density at radius 2 is 0.778 bits per heavy atom. The first-order chi connectivity index (χ1) is 3.83. The molecule has 0 aliphatic carbocycles. The molecule has 0 amide bonds. The topological polar surface area (TPSA) is 0 Å². The van der Waals surface area contributed by atoms with E-state index in [9.17, 15) is 0 Å². The Morgan fingerprint density at radius 1 is 0.778 bits per heavy atom. The maximum absolute atomic E-state index is 2.12. The van der Waals surface area contributed by atoms with Crippen LogP contribution in [0.4, 0.5) is 0 Å². The van der Waals surface area contributed by atoms with Crippen molar-refractivity contribution in [3.63, 3.8) is 0 Å². The lowest BCUT2D eigenvalue weighted by Gasteiger charge is -1.48. The molecule has 0 radical (unpaired) electrons. The van der Waals surface area contributed by atoms with Crippen molar-refractivity contribution < 1.29 is 0 Å². The Hall–Kier alpha value is 2.19. The van der Waals surface area contributed by atoms with Gasteiger partial charge in [0.1, 0.15) is 0 Å². The average molecular weight is 470 g/mol. The largest absolute Gasteiger partial charge is 0.107 e. The summed E-state index contributed by atoms with van der Waals surface area (Å²) in [5, 5.41) is 0. The monoisotopic (exact) mass is 470 g/mol. The van der Waals surface area contributed by atoms with Crippen LogP contribution in [-0.4, -0.2) is 0 Å².